The summed E-state index contributed by atoms with van der Waals surface area (Å²) in [6.45, 7) is 7.85. The monoisotopic (exact) mass is 439 g/mol. The van der Waals surface area contributed by atoms with Gasteiger partial charge in [-0.05, 0) is 55.8 Å². The second-order valence-electron chi connectivity index (χ2n) is 6.57. The molecule has 0 saturated heterocycles. The highest BCUT2D eigenvalue weighted by Gasteiger charge is 2.16. The van der Waals surface area contributed by atoms with E-state index in [1.165, 1.54) is 23.9 Å². The fraction of sp³-hybridized carbons (Fsp3) is 0.167. The zero-order valence-corrected chi connectivity index (χ0v) is 18.8. The molecule has 0 spiro atoms. The van der Waals surface area contributed by atoms with Gasteiger partial charge in [0.2, 0.25) is 0 Å². The zero-order chi connectivity index (χ0) is 23.0. The molecule has 3 aromatic carbocycles. The highest BCUT2D eigenvalue weighted by Crippen LogP contribution is 2.30. The topological polar surface area (TPSA) is 78.0 Å². The van der Waals surface area contributed by atoms with Gasteiger partial charge in [0.05, 0.1) is 28.7 Å². The van der Waals surface area contributed by atoms with Crippen LogP contribution in [0.3, 0.4) is 0 Å². The smallest absolute Gasteiger partial charge is 0.337 e. The predicted octanol–water partition coefficient (Wildman–Crippen LogP) is 6.76. The van der Waals surface area contributed by atoms with Crippen molar-refractivity contribution in [1.82, 2.24) is 10.2 Å². The number of carboxylic acid groups (broad SMARTS) is 1. The van der Waals surface area contributed by atoms with Crippen molar-refractivity contribution in [2.45, 2.75) is 32.6 Å². The van der Waals surface area contributed by atoms with E-state index in [1.54, 1.807) is 25.1 Å². The van der Waals surface area contributed by atoms with Crippen LogP contribution in [0.5, 0.6) is 0 Å². The third-order valence-corrected chi connectivity index (χ3v) is 4.57. The van der Waals surface area contributed by atoms with Crippen molar-refractivity contribution >= 4 is 40.9 Å². The van der Waals surface area contributed by atoms with Crippen molar-refractivity contribution in [3.63, 3.8) is 0 Å². The van der Waals surface area contributed by atoms with Crippen molar-refractivity contribution in [3.8, 4) is 0 Å². The van der Waals surface area contributed by atoms with E-state index < -0.39 is 11.8 Å². The number of carbonyl (C=O) groups is 1. The first-order valence-corrected chi connectivity index (χ1v) is 10.3. The van der Waals surface area contributed by atoms with E-state index in [-0.39, 0.29) is 11.3 Å². The largest absolute Gasteiger partial charge is 0.478 e. The lowest BCUT2D eigenvalue weighted by molar-refractivity contribution is 0.0698. The number of benzene rings is 3. The van der Waals surface area contributed by atoms with Crippen molar-refractivity contribution in [2.75, 3.05) is 5.32 Å². The maximum absolute atomic E-state index is 14.0. The SMILES string of the molecule is CC.Cc1ccc(Nc2c(C(=O)O)ccc3[nH]ncc23)c(F)c1.Cc1ccc(S)cc1. The number of aromatic nitrogens is 2. The predicted molar refractivity (Wildman–Crippen MR) is 127 cm³/mol. The molecule has 1 aromatic heterocycles. The number of hydrogen-bond donors (Lipinski definition) is 4. The third kappa shape index (κ3) is 6.33. The van der Waals surface area contributed by atoms with Crippen LogP contribution >= 0.6 is 12.6 Å². The molecule has 0 amide bonds. The van der Waals surface area contributed by atoms with Crippen LogP contribution in [0.4, 0.5) is 15.8 Å². The molecule has 0 fully saturated rings. The Morgan fingerprint density at radius 1 is 1.03 bits per heavy atom. The summed E-state index contributed by atoms with van der Waals surface area (Å²) in [6.07, 6.45) is 1.51. The molecular formula is C24H26FN3O2S. The van der Waals surface area contributed by atoms with E-state index >= 15 is 0 Å². The number of halogens is 1. The summed E-state index contributed by atoms with van der Waals surface area (Å²) in [5.41, 5.74) is 3.34. The van der Waals surface area contributed by atoms with E-state index in [0.29, 0.717) is 16.6 Å². The molecule has 0 aliphatic heterocycles. The molecule has 0 unspecified atom stereocenters. The number of fused-ring (bicyclic) bond motifs is 1. The third-order valence-electron chi connectivity index (χ3n) is 4.27. The van der Waals surface area contributed by atoms with E-state index in [0.717, 1.165) is 10.5 Å². The van der Waals surface area contributed by atoms with Gasteiger partial charge in [0.25, 0.3) is 0 Å². The second-order valence-corrected chi connectivity index (χ2v) is 7.08. The Kier molecular flexibility index (Phi) is 8.63. The van der Waals surface area contributed by atoms with Gasteiger partial charge < -0.3 is 10.4 Å². The quantitative estimate of drug-likeness (QED) is 0.266. The number of anilines is 2. The summed E-state index contributed by atoms with van der Waals surface area (Å²) in [5, 5.41) is 19.4. The molecule has 5 nitrogen and oxygen atoms in total. The molecule has 0 saturated carbocycles. The van der Waals surface area contributed by atoms with Crippen LogP contribution in [0.25, 0.3) is 10.9 Å². The summed E-state index contributed by atoms with van der Waals surface area (Å²) in [6, 6.07) is 15.9. The fourth-order valence-electron chi connectivity index (χ4n) is 2.73. The number of aryl methyl sites for hydroxylation is 2. The molecule has 0 aliphatic carbocycles. The molecule has 31 heavy (non-hydrogen) atoms. The van der Waals surface area contributed by atoms with Crippen molar-refractivity contribution in [2.24, 2.45) is 0 Å². The number of aromatic amines is 1. The first kappa shape index (κ1) is 24.0. The Bertz CT molecular complexity index is 1140. The first-order valence-electron chi connectivity index (χ1n) is 9.83. The number of carboxylic acids is 1. The van der Waals surface area contributed by atoms with Gasteiger partial charge in [0.15, 0.2) is 0 Å². The Hall–Kier alpha value is -3.32. The van der Waals surface area contributed by atoms with E-state index in [9.17, 15) is 14.3 Å². The van der Waals surface area contributed by atoms with Crippen LogP contribution in [-0.4, -0.2) is 21.3 Å². The molecular weight excluding hydrogens is 413 g/mol. The van der Waals surface area contributed by atoms with Crippen molar-refractivity contribution in [1.29, 1.82) is 0 Å². The number of H-pyrrole nitrogens is 1. The van der Waals surface area contributed by atoms with E-state index in [4.69, 9.17) is 0 Å². The molecule has 4 aromatic rings. The summed E-state index contributed by atoms with van der Waals surface area (Å²) < 4.78 is 14.0. The molecule has 7 heteroatoms. The average Bonchev–Trinajstić information content (AvgIpc) is 3.23. The fourth-order valence-corrected chi connectivity index (χ4v) is 2.88. The number of nitrogens with zero attached hydrogens (tertiary/aromatic N) is 1. The summed E-state index contributed by atoms with van der Waals surface area (Å²) in [5.74, 6) is -1.53. The lowest BCUT2D eigenvalue weighted by Crippen LogP contribution is -2.04. The number of aromatic carboxylic acids is 1. The van der Waals surface area contributed by atoms with Crippen LogP contribution in [0.1, 0.15) is 35.3 Å². The lowest BCUT2D eigenvalue weighted by atomic mass is 10.1. The molecule has 3 N–H and O–H groups in total. The Balaban J connectivity index is 0.000000286. The van der Waals surface area contributed by atoms with Gasteiger partial charge in [-0.1, -0.05) is 37.6 Å². The normalized spacial score (nSPS) is 9.87. The first-order chi connectivity index (χ1) is 14.8. The van der Waals surface area contributed by atoms with Gasteiger partial charge >= 0.3 is 5.97 Å². The second kappa shape index (κ2) is 11.2. The maximum atomic E-state index is 14.0. The van der Waals surface area contributed by atoms with Crippen LogP contribution in [0.2, 0.25) is 0 Å². The number of hydrogen-bond acceptors (Lipinski definition) is 4. The molecule has 0 radical (unpaired) electrons. The Labute approximate surface area is 186 Å². The average molecular weight is 440 g/mol. The van der Waals surface area contributed by atoms with E-state index in [1.807, 2.05) is 38.1 Å². The minimum atomic E-state index is -1.09. The van der Waals surface area contributed by atoms with Gasteiger partial charge in [-0.3, -0.25) is 5.10 Å². The number of thiol groups is 1. The minimum Gasteiger partial charge on any atom is -0.478 e. The highest BCUT2D eigenvalue weighted by molar-refractivity contribution is 7.80. The summed E-state index contributed by atoms with van der Waals surface area (Å²) >= 11 is 4.13. The Morgan fingerprint density at radius 3 is 2.26 bits per heavy atom. The molecule has 1 heterocycles. The highest BCUT2D eigenvalue weighted by atomic mass is 32.1. The number of rotatable bonds is 3. The molecule has 162 valence electrons. The summed E-state index contributed by atoms with van der Waals surface area (Å²) in [7, 11) is 0. The minimum absolute atomic E-state index is 0.0591. The molecule has 0 aliphatic rings. The standard InChI is InChI=1S/C15H12FN3O2.C7H8S.C2H6/c1-8-2-4-13(11(16)6-8)18-14-9(15(20)21)3-5-12-10(14)7-17-19-12;1-6-2-4-7(8)5-3-6;1-2/h2-7,18H,1H3,(H,17,19)(H,20,21);2-5,8H,1H3;1-2H3. The van der Waals surface area contributed by atoms with Crippen LogP contribution in [0.15, 0.2) is 65.7 Å². The van der Waals surface area contributed by atoms with Gasteiger partial charge in [-0.15, -0.1) is 12.6 Å². The van der Waals surface area contributed by atoms with Crippen molar-refractivity contribution in [3.05, 3.63) is 83.3 Å². The molecule has 0 bridgehead atoms. The lowest BCUT2D eigenvalue weighted by Gasteiger charge is -2.12. The van der Waals surface area contributed by atoms with Gasteiger partial charge in [-0.2, -0.15) is 5.10 Å². The maximum Gasteiger partial charge on any atom is 0.337 e. The molecule has 0 atom stereocenters. The van der Waals surface area contributed by atoms with Crippen LogP contribution in [0, 0.1) is 19.7 Å². The Morgan fingerprint density at radius 2 is 1.68 bits per heavy atom. The molecule has 4 rings (SSSR count). The van der Waals surface area contributed by atoms with Gasteiger partial charge in [0, 0.05) is 10.3 Å². The van der Waals surface area contributed by atoms with Gasteiger partial charge in [0.1, 0.15) is 5.82 Å². The van der Waals surface area contributed by atoms with Crippen LogP contribution in [-0.2, 0) is 0 Å². The zero-order valence-electron chi connectivity index (χ0n) is 17.9. The van der Waals surface area contributed by atoms with Gasteiger partial charge in [-0.25, -0.2) is 9.18 Å². The summed E-state index contributed by atoms with van der Waals surface area (Å²) in [4.78, 5) is 12.4. The van der Waals surface area contributed by atoms with E-state index in [2.05, 4.69) is 35.1 Å². The van der Waals surface area contributed by atoms with Crippen LogP contribution < -0.4 is 5.32 Å². The van der Waals surface area contributed by atoms with Crippen molar-refractivity contribution < 1.29 is 14.3 Å². The number of nitrogens with one attached hydrogen (secondary N) is 2.